The number of benzene rings is 2. The smallest absolute Gasteiger partial charge is 0.252 e. The highest BCUT2D eigenvalue weighted by molar-refractivity contribution is 6.67. The molecule has 1 unspecified atom stereocenters. The Hall–Kier alpha value is -2.33. The Morgan fingerprint density at radius 1 is 1.04 bits per heavy atom. The van der Waals surface area contributed by atoms with Crippen LogP contribution in [0.3, 0.4) is 0 Å². The van der Waals surface area contributed by atoms with Gasteiger partial charge in [0.2, 0.25) is 5.91 Å². The number of carbonyl (C=O) groups is 2. The predicted octanol–water partition coefficient (Wildman–Crippen LogP) is 4.48. The van der Waals surface area contributed by atoms with E-state index in [2.05, 4.69) is 28.4 Å². The van der Waals surface area contributed by atoms with Crippen molar-refractivity contribution in [1.82, 2.24) is 5.32 Å². The van der Waals surface area contributed by atoms with Crippen molar-refractivity contribution in [2.45, 2.75) is 38.6 Å². The summed E-state index contributed by atoms with van der Waals surface area (Å²) in [4.78, 5) is 26.0. The molecular weight excluding hydrogens is 360 g/mol. The zero-order chi connectivity index (χ0) is 19.2. The fourth-order valence-electron chi connectivity index (χ4n) is 3.59. The zero-order valence-electron chi connectivity index (χ0n) is 15.6. The Morgan fingerprint density at radius 3 is 2.37 bits per heavy atom. The molecule has 1 aliphatic heterocycles. The van der Waals surface area contributed by atoms with Crippen molar-refractivity contribution in [3.8, 4) is 0 Å². The molecular formula is C22H25ClN2O2. The van der Waals surface area contributed by atoms with E-state index in [9.17, 15) is 9.59 Å². The molecule has 0 aromatic heterocycles. The number of hydrogen-bond donors (Lipinski definition) is 1. The minimum atomic E-state index is -0.492. The van der Waals surface area contributed by atoms with Crippen LogP contribution in [0.15, 0.2) is 48.5 Å². The highest BCUT2D eigenvalue weighted by atomic mass is 35.5. The van der Waals surface area contributed by atoms with Crippen molar-refractivity contribution in [1.29, 1.82) is 0 Å². The molecule has 4 nitrogen and oxygen atoms in total. The average molecular weight is 385 g/mol. The van der Waals surface area contributed by atoms with E-state index in [1.807, 2.05) is 13.0 Å². The van der Waals surface area contributed by atoms with Gasteiger partial charge in [0.15, 0.2) is 0 Å². The van der Waals surface area contributed by atoms with Crippen LogP contribution in [0.4, 0.5) is 5.69 Å². The summed E-state index contributed by atoms with van der Waals surface area (Å²) in [6.45, 7) is 4.17. The zero-order valence-corrected chi connectivity index (χ0v) is 16.3. The summed E-state index contributed by atoms with van der Waals surface area (Å²) < 4.78 is 0. The highest BCUT2D eigenvalue weighted by Gasteiger charge is 2.18. The van der Waals surface area contributed by atoms with E-state index in [4.69, 9.17) is 11.6 Å². The topological polar surface area (TPSA) is 49.4 Å². The van der Waals surface area contributed by atoms with Crippen LogP contribution in [-0.4, -0.2) is 24.2 Å². The molecule has 0 aliphatic carbocycles. The van der Waals surface area contributed by atoms with Gasteiger partial charge in [0, 0.05) is 24.3 Å². The molecule has 1 amide bonds. The van der Waals surface area contributed by atoms with E-state index in [-0.39, 0.29) is 18.4 Å². The van der Waals surface area contributed by atoms with Gasteiger partial charge in [-0.2, -0.15) is 0 Å². The first-order chi connectivity index (χ1) is 13.0. The molecule has 1 aliphatic rings. The maximum atomic E-state index is 12.5. The average Bonchev–Trinajstić information content (AvgIpc) is 2.69. The number of anilines is 1. The fourth-order valence-corrected chi connectivity index (χ4v) is 3.71. The second-order valence-electron chi connectivity index (χ2n) is 7.04. The summed E-state index contributed by atoms with van der Waals surface area (Å²) >= 11 is 5.45. The molecule has 2 aromatic rings. The summed E-state index contributed by atoms with van der Waals surface area (Å²) in [5, 5.41) is 2.61. The molecule has 1 fully saturated rings. The first-order valence-corrected chi connectivity index (χ1v) is 9.84. The standard InChI is InChI=1S/C22H25ClN2O2/c1-16(19-7-3-4-8-20(19)25-13-5-2-6-14-25)24-21(26)15-17-9-11-18(12-10-17)22(23)27/h3-4,7-12,16H,2,5-6,13-15H2,1H3,(H,24,26). The maximum absolute atomic E-state index is 12.5. The third-order valence-corrected chi connectivity index (χ3v) is 5.24. The molecule has 0 spiro atoms. The SMILES string of the molecule is CC(NC(=O)Cc1ccc(C(=O)Cl)cc1)c1ccccc1N1CCCCC1. The summed E-state index contributed by atoms with van der Waals surface area (Å²) in [7, 11) is 0. The van der Waals surface area contributed by atoms with Gasteiger partial charge >= 0.3 is 0 Å². The minimum absolute atomic E-state index is 0.0408. The number of hydrogen-bond acceptors (Lipinski definition) is 3. The van der Waals surface area contributed by atoms with Gasteiger partial charge in [-0.15, -0.1) is 0 Å². The van der Waals surface area contributed by atoms with Crippen molar-refractivity contribution in [3.05, 3.63) is 65.2 Å². The van der Waals surface area contributed by atoms with Crippen LogP contribution in [0, 0.1) is 0 Å². The Balaban J connectivity index is 1.65. The molecule has 3 rings (SSSR count). The molecule has 2 aromatic carbocycles. The number of amides is 1. The lowest BCUT2D eigenvalue weighted by Crippen LogP contribution is -2.33. The van der Waals surface area contributed by atoms with Crippen molar-refractivity contribution >= 4 is 28.4 Å². The van der Waals surface area contributed by atoms with Gasteiger partial charge < -0.3 is 10.2 Å². The van der Waals surface area contributed by atoms with E-state index in [1.165, 1.54) is 24.9 Å². The fraction of sp³-hybridized carbons (Fsp3) is 0.364. The van der Waals surface area contributed by atoms with Crippen LogP contribution in [-0.2, 0) is 11.2 Å². The molecule has 142 valence electrons. The predicted molar refractivity (Wildman–Crippen MR) is 109 cm³/mol. The Morgan fingerprint density at radius 2 is 1.70 bits per heavy atom. The molecule has 1 N–H and O–H groups in total. The van der Waals surface area contributed by atoms with Gasteiger partial charge in [-0.1, -0.05) is 30.3 Å². The summed E-state index contributed by atoms with van der Waals surface area (Å²) in [6, 6.07) is 15.1. The largest absolute Gasteiger partial charge is 0.371 e. The second-order valence-corrected chi connectivity index (χ2v) is 7.39. The maximum Gasteiger partial charge on any atom is 0.252 e. The number of nitrogens with zero attached hydrogens (tertiary/aromatic N) is 1. The summed E-state index contributed by atoms with van der Waals surface area (Å²) in [5.41, 5.74) is 3.65. The van der Waals surface area contributed by atoms with E-state index in [0.29, 0.717) is 5.56 Å². The minimum Gasteiger partial charge on any atom is -0.371 e. The normalized spacial score (nSPS) is 15.3. The highest BCUT2D eigenvalue weighted by Crippen LogP contribution is 2.28. The number of piperidine rings is 1. The van der Waals surface area contributed by atoms with Gasteiger partial charge in [-0.3, -0.25) is 9.59 Å². The second kappa shape index (κ2) is 9.05. The number of nitrogens with one attached hydrogen (secondary N) is 1. The van der Waals surface area contributed by atoms with Gasteiger partial charge in [0.25, 0.3) is 5.24 Å². The molecule has 1 heterocycles. The quantitative estimate of drug-likeness (QED) is 0.747. The molecule has 0 bridgehead atoms. The van der Waals surface area contributed by atoms with E-state index < -0.39 is 5.24 Å². The van der Waals surface area contributed by atoms with E-state index in [1.54, 1.807) is 24.3 Å². The molecule has 1 atom stereocenters. The first kappa shape index (κ1) is 19.4. The third-order valence-electron chi connectivity index (χ3n) is 5.02. The van der Waals surface area contributed by atoms with Crippen molar-refractivity contribution in [2.75, 3.05) is 18.0 Å². The van der Waals surface area contributed by atoms with Crippen LogP contribution in [0.5, 0.6) is 0 Å². The lowest BCUT2D eigenvalue weighted by Gasteiger charge is -2.32. The molecule has 1 saturated heterocycles. The molecule has 0 radical (unpaired) electrons. The summed E-state index contributed by atoms with van der Waals surface area (Å²) in [6.07, 6.45) is 4.00. The molecule has 27 heavy (non-hydrogen) atoms. The van der Waals surface area contributed by atoms with Gasteiger partial charge in [0.05, 0.1) is 12.5 Å². The van der Waals surface area contributed by atoms with Crippen molar-refractivity contribution in [3.63, 3.8) is 0 Å². The first-order valence-electron chi connectivity index (χ1n) is 9.46. The number of halogens is 1. The Bertz CT molecular complexity index is 798. The van der Waals surface area contributed by atoms with Crippen LogP contribution in [0.25, 0.3) is 0 Å². The lowest BCUT2D eigenvalue weighted by molar-refractivity contribution is -0.121. The number of rotatable bonds is 6. The number of carbonyl (C=O) groups excluding carboxylic acids is 2. The van der Waals surface area contributed by atoms with Gasteiger partial charge in [-0.25, -0.2) is 0 Å². The monoisotopic (exact) mass is 384 g/mol. The van der Waals surface area contributed by atoms with E-state index in [0.717, 1.165) is 24.2 Å². The van der Waals surface area contributed by atoms with Crippen LogP contribution >= 0.6 is 11.6 Å². The van der Waals surface area contributed by atoms with E-state index >= 15 is 0 Å². The van der Waals surface area contributed by atoms with Gasteiger partial charge in [-0.05, 0) is 67.1 Å². The van der Waals surface area contributed by atoms with Crippen LogP contribution in [0.1, 0.15) is 53.7 Å². The molecule has 0 saturated carbocycles. The third kappa shape index (κ3) is 5.10. The summed E-state index contributed by atoms with van der Waals surface area (Å²) in [5.74, 6) is -0.0408. The molecule has 5 heteroatoms. The Labute approximate surface area is 165 Å². The van der Waals surface area contributed by atoms with Gasteiger partial charge in [0.1, 0.15) is 0 Å². The van der Waals surface area contributed by atoms with Crippen molar-refractivity contribution < 1.29 is 9.59 Å². The van der Waals surface area contributed by atoms with Crippen LogP contribution < -0.4 is 10.2 Å². The number of para-hydroxylation sites is 1. The van der Waals surface area contributed by atoms with Crippen molar-refractivity contribution in [2.24, 2.45) is 0 Å². The Kier molecular flexibility index (Phi) is 6.51. The van der Waals surface area contributed by atoms with Crippen LogP contribution in [0.2, 0.25) is 0 Å². The lowest BCUT2D eigenvalue weighted by atomic mass is 10.0.